The van der Waals surface area contributed by atoms with Crippen LogP contribution in [0.15, 0.2) is 41.4 Å². The van der Waals surface area contributed by atoms with E-state index < -0.39 is 0 Å². The molecule has 0 unspecified atom stereocenters. The number of nitrogens with one attached hydrogen (secondary N) is 2. The number of guanidine groups is 1. The number of halogens is 1. The minimum Gasteiger partial charge on any atom is -0.496 e. The lowest BCUT2D eigenvalue weighted by Gasteiger charge is -2.17. The summed E-state index contributed by atoms with van der Waals surface area (Å²) in [5.74, 6) is 2.76. The molecule has 0 spiro atoms. The maximum absolute atomic E-state index is 5.91. The second kappa shape index (κ2) is 10.5. The van der Waals surface area contributed by atoms with Gasteiger partial charge in [-0.15, -0.1) is 0 Å². The Morgan fingerprint density at radius 1 is 0.963 bits per heavy atom. The molecular formula is C20H26ClN3O3. The summed E-state index contributed by atoms with van der Waals surface area (Å²) in [6.45, 7) is 1.25. The summed E-state index contributed by atoms with van der Waals surface area (Å²) in [5.41, 5.74) is 2.10. The maximum atomic E-state index is 5.91. The molecule has 2 aromatic rings. The van der Waals surface area contributed by atoms with Gasteiger partial charge in [-0.1, -0.05) is 23.7 Å². The summed E-state index contributed by atoms with van der Waals surface area (Å²) in [5, 5.41) is 7.33. The van der Waals surface area contributed by atoms with Crippen LogP contribution in [0.2, 0.25) is 5.02 Å². The molecule has 0 radical (unpaired) electrons. The molecule has 146 valence electrons. The van der Waals surface area contributed by atoms with Gasteiger partial charge < -0.3 is 24.8 Å². The number of hydrogen-bond acceptors (Lipinski definition) is 4. The molecule has 6 nitrogen and oxygen atoms in total. The topological polar surface area (TPSA) is 64.1 Å². The average Bonchev–Trinajstić information content (AvgIpc) is 2.71. The zero-order chi connectivity index (χ0) is 19.6. The Bertz CT molecular complexity index is 739. The Hall–Kier alpha value is -2.60. The third-order valence-corrected chi connectivity index (χ3v) is 4.34. The zero-order valence-corrected chi connectivity index (χ0v) is 16.9. The molecule has 0 aromatic heterocycles. The van der Waals surface area contributed by atoms with Crippen molar-refractivity contribution in [3.8, 4) is 17.2 Å². The highest BCUT2D eigenvalue weighted by Gasteiger charge is 2.13. The van der Waals surface area contributed by atoms with Crippen LogP contribution in [0.3, 0.4) is 0 Å². The number of benzene rings is 2. The number of hydrogen-bond donors (Lipinski definition) is 2. The minimum atomic E-state index is 0.497. The molecular weight excluding hydrogens is 366 g/mol. The summed E-state index contributed by atoms with van der Waals surface area (Å²) in [6, 6.07) is 11.5. The Morgan fingerprint density at radius 2 is 1.59 bits per heavy atom. The van der Waals surface area contributed by atoms with E-state index in [0.717, 1.165) is 23.6 Å². The lowest BCUT2D eigenvalue weighted by Crippen LogP contribution is -2.38. The predicted octanol–water partition coefficient (Wildman–Crippen LogP) is 3.27. The molecule has 2 aromatic carbocycles. The number of ether oxygens (including phenoxy) is 3. The van der Waals surface area contributed by atoms with Gasteiger partial charge in [-0.3, -0.25) is 4.99 Å². The second-order valence-corrected chi connectivity index (χ2v) is 6.18. The van der Waals surface area contributed by atoms with E-state index in [0.29, 0.717) is 29.8 Å². The molecule has 0 heterocycles. The summed E-state index contributed by atoms with van der Waals surface area (Å²) in [4.78, 5) is 4.26. The first-order valence-electron chi connectivity index (χ1n) is 8.59. The van der Waals surface area contributed by atoms with Crippen molar-refractivity contribution in [2.75, 3.05) is 34.9 Å². The molecule has 0 aliphatic carbocycles. The van der Waals surface area contributed by atoms with Crippen LogP contribution in [0, 0.1) is 0 Å². The van der Waals surface area contributed by atoms with E-state index in [9.17, 15) is 0 Å². The summed E-state index contributed by atoms with van der Waals surface area (Å²) >= 11 is 5.91. The normalized spacial score (nSPS) is 11.1. The molecule has 0 amide bonds. The van der Waals surface area contributed by atoms with Gasteiger partial charge in [0.15, 0.2) is 5.96 Å². The highest BCUT2D eigenvalue weighted by atomic mass is 35.5. The van der Waals surface area contributed by atoms with Gasteiger partial charge in [0, 0.05) is 30.7 Å². The molecule has 0 bridgehead atoms. The maximum Gasteiger partial charge on any atom is 0.191 e. The number of aliphatic imine (C=N–C) groups is 1. The fourth-order valence-corrected chi connectivity index (χ4v) is 2.75. The third-order valence-electron chi connectivity index (χ3n) is 4.09. The van der Waals surface area contributed by atoms with E-state index >= 15 is 0 Å². The van der Waals surface area contributed by atoms with Crippen LogP contribution in [0.25, 0.3) is 0 Å². The van der Waals surface area contributed by atoms with Crippen LogP contribution in [0.5, 0.6) is 17.2 Å². The van der Waals surface area contributed by atoms with Gasteiger partial charge in [0.2, 0.25) is 0 Å². The van der Waals surface area contributed by atoms with Gasteiger partial charge in [-0.2, -0.15) is 0 Å². The van der Waals surface area contributed by atoms with Gasteiger partial charge in [-0.05, 0) is 24.1 Å². The summed E-state index contributed by atoms with van der Waals surface area (Å²) in [6.07, 6.45) is 0.868. The van der Waals surface area contributed by atoms with Crippen molar-refractivity contribution in [2.45, 2.75) is 13.0 Å². The van der Waals surface area contributed by atoms with Gasteiger partial charge in [0.1, 0.15) is 17.2 Å². The molecule has 2 rings (SSSR count). The van der Waals surface area contributed by atoms with E-state index in [1.165, 1.54) is 5.56 Å². The Morgan fingerprint density at radius 3 is 2.11 bits per heavy atom. The number of nitrogens with zero attached hydrogens (tertiary/aromatic N) is 1. The first-order chi connectivity index (χ1) is 13.1. The van der Waals surface area contributed by atoms with Crippen LogP contribution in [-0.4, -0.2) is 40.9 Å². The third kappa shape index (κ3) is 5.96. The van der Waals surface area contributed by atoms with Crippen molar-refractivity contribution in [3.63, 3.8) is 0 Å². The van der Waals surface area contributed by atoms with E-state index in [1.807, 2.05) is 36.4 Å². The zero-order valence-electron chi connectivity index (χ0n) is 16.1. The van der Waals surface area contributed by atoms with Gasteiger partial charge in [0.25, 0.3) is 0 Å². The number of rotatable bonds is 8. The smallest absolute Gasteiger partial charge is 0.191 e. The van der Waals surface area contributed by atoms with Crippen molar-refractivity contribution in [1.29, 1.82) is 0 Å². The van der Waals surface area contributed by atoms with Crippen molar-refractivity contribution in [3.05, 3.63) is 52.5 Å². The fraction of sp³-hybridized carbons (Fsp3) is 0.350. The Labute approximate surface area is 165 Å². The fourth-order valence-electron chi connectivity index (χ4n) is 2.62. The van der Waals surface area contributed by atoms with E-state index in [4.69, 9.17) is 25.8 Å². The quantitative estimate of drug-likeness (QED) is 0.534. The molecule has 27 heavy (non-hydrogen) atoms. The monoisotopic (exact) mass is 391 g/mol. The van der Waals surface area contributed by atoms with Crippen molar-refractivity contribution < 1.29 is 14.2 Å². The molecule has 0 fully saturated rings. The van der Waals surface area contributed by atoms with Crippen molar-refractivity contribution >= 4 is 17.6 Å². The van der Waals surface area contributed by atoms with Crippen LogP contribution in [0.1, 0.15) is 11.1 Å². The first kappa shape index (κ1) is 20.7. The first-order valence-corrected chi connectivity index (χ1v) is 8.97. The molecule has 0 aliphatic heterocycles. The molecule has 0 atom stereocenters. The van der Waals surface area contributed by atoms with Crippen LogP contribution < -0.4 is 24.8 Å². The molecule has 2 N–H and O–H groups in total. The van der Waals surface area contributed by atoms with Crippen LogP contribution >= 0.6 is 11.6 Å². The van der Waals surface area contributed by atoms with E-state index in [-0.39, 0.29) is 0 Å². The van der Waals surface area contributed by atoms with Gasteiger partial charge >= 0.3 is 0 Å². The second-order valence-electron chi connectivity index (χ2n) is 5.74. The molecule has 0 saturated carbocycles. The Balaban J connectivity index is 1.96. The largest absolute Gasteiger partial charge is 0.496 e. The summed E-state index contributed by atoms with van der Waals surface area (Å²) in [7, 11) is 6.59. The highest BCUT2D eigenvalue weighted by Crippen LogP contribution is 2.33. The van der Waals surface area contributed by atoms with Crippen LogP contribution in [0.4, 0.5) is 0 Å². The summed E-state index contributed by atoms with van der Waals surface area (Å²) < 4.78 is 16.2. The van der Waals surface area contributed by atoms with Gasteiger partial charge in [-0.25, -0.2) is 0 Å². The van der Waals surface area contributed by atoms with Crippen molar-refractivity contribution in [2.24, 2.45) is 4.99 Å². The van der Waals surface area contributed by atoms with E-state index in [1.54, 1.807) is 28.4 Å². The van der Waals surface area contributed by atoms with Crippen molar-refractivity contribution in [1.82, 2.24) is 10.6 Å². The Kier molecular flexibility index (Phi) is 8.07. The van der Waals surface area contributed by atoms with Gasteiger partial charge in [0.05, 0.1) is 33.4 Å². The van der Waals surface area contributed by atoms with Crippen LogP contribution in [-0.2, 0) is 13.0 Å². The lowest BCUT2D eigenvalue weighted by atomic mass is 10.1. The minimum absolute atomic E-state index is 0.497. The van der Waals surface area contributed by atoms with E-state index in [2.05, 4.69) is 15.6 Å². The molecule has 0 saturated heterocycles. The molecule has 7 heteroatoms. The lowest BCUT2D eigenvalue weighted by molar-refractivity contribution is 0.368. The SMILES string of the molecule is CN=C(NCCc1ccc(Cl)cc1)NCc1c(OC)cc(OC)cc1OC. The standard InChI is InChI=1S/C20H26ClN3O3/c1-22-20(23-10-9-14-5-7-15(21)8-6-14)24-13-17-18(26-3)11-16(25-2)12-19(17)27-4/h5-8,11-12H,9-10,13H2,1-4H3,(H2,22,23,24). The highest BCUT2D eigenvalue weighted by molar-refractivity contribution is 6.30. The number of methoxy groups -OCH3 is 3. The average molecular weight is 392 g/mol. The molecule has 0 aliphatic rings. The predicted molar refractivity (Wildman–Crippen MR) is 109 cm³/mol.